The van der Waals surface area contributed by atoms with Crippen molar-refractivity contribution in [3.8, 4) is 0 Å². The molecular weight excluding hydrogens is 388 g/mol. The number of methoxy groups -OCH3 is 1. The number of carbonyl (C=O) groups excluding carboxylic acids is 2. The van der Waals surface area contributed by atoms with Crippen LogP contribution in [0.3, 0.4) is 0 Å². The fourth-order valence-corrected chi connectivity index (χ4v) is 3.82. The average molecular weight is 410 g/mol. The second kappa shape index (κ2) is 9.34. The largest absolute Gasteiger partial charge is 0.469 e. The first-order valence-corrected chi connectivity index (χ1v) is 10.0. The molecule has 0 fully saturated rings. The molecule has 3 aromatic rings. The molecule has 7 heteroatoms. The van der Waals surface area contributed by atoms with Crippen LogP contribution in [0, 0.1) is 6.92 Å². The molecule has 1 amide bonds. The molecule has 1 aromatic carbocycles. The quantitative estimate of drug-likeness (QED) is 0.607. The van der Waals surface area contributed by atoms with Crippen molar-refractivity contribution in [1.82, 2.24) is 9.88 Å². The molecule has 1 unspecified atom stereocenters. The molecule has 6 nitrogen and oxygen atoms in total. The highest BCUT2D eigenvalue weighted by Crippen LogP contribution is 2.22. The SMILES string of the molecule is COC(=O)CC(NC(=O)c1cccn(Cc2cccc(C)c2)c1=O)c1cccs1. The van der Waals surface area contributed by atoms with Gasteiger partial charge in [0.25, 0.3) is 11.5 Å². The Kier molecular flexibility index (Phi) is 6.61. The second-order valence-corrected chi connectivity index (χ2v) is 7.64. The van der Waals surface area contributed by atoms with Gasteiger partial charge in [0.1, 0.15) is 5.56 Å². The standard InChI is InChI=1S/C22H22N2O4S/c1-15-6-3-7-16(12-15)14-24-10-4-8-17(22(24)27)21(26)23-18(13-20(25)28-2)19-9-5-11-29-19/h3-12,18H,13-14H2,1-2H3,(H,23,26). The first-order chi connectivity index (χ1) is 14.0. The summed E-state index contributed by atoms with van der Waals surface area (Å²) in [7, 11) is 1.30. The third-order valence-corrected chi connectivity index (χ3v) is 5.48. The van der Waals surface area contributed by atoms with Crippen LogP contribution in [0.2, 0.25) is 0 Å². The molecule has 0 aliphatic rings. The molecule has 1 N–H and O–H groups in total. The van der Waals surface area contributed by atoms with E-state index in [0.717, 1.165) is 16.0 Å². The molecule has 29 heavy (non-hydrogen) atoms. The van der Waals surface area contributed by atoms with Crippen molar-refractivity contribution in [3.63, 3.8) is 0 Å². The average Bonchev–Trinajstić information content (AvgIpc) is 3.23. The van der Waals surface area contributed by atoms with Gasteiger partial charge in [0.15, 0.2) is 0 Å². The summed E-state index contributed by atoms with van der Waals surface area (Å²) in [6, 6.07) is 14.2. The highest BCUT2D eigenvalue weighted by atomic mass is 32.1. The van der Waals surface area contributed by atoms with Crippen molar-refractivity contribution >= 4 is 23.2 Å². The van der Waals surface area contributed by atoms with E-state index in [4.69, 9.17) is 4.74 Å². The number of nitrogens with one attached hydrogen (secondary N) is 1. The molecule has 0 saturated carbocycles. The number of carbonyl (C=O) groups is 2. The minimum absolute atomic E-state index is 0.00688. The van der Waals surface area contributed by atoms with Crippen LogP contribution in [0.1, 0.15) is 38.8 Å². The summed E-state index contributed by atoms with van der Waals surface area (Å²) >= 11 is 1.43. The van der Waals surface area contributed by atoms with Crippen LogP contribution in [-0.2, 0) is 16.1 Å². The van der Waals surface area contributed by atoms with E-state index < -0.39 is 17.9 Å². The zero-order chi connectivity index (χ0) is 20.8. The zero-order valence-electron chi connectivity index (χ0n) is 16.3. The van der Waals surface area contributed by atoms with E-state index >= 15 is 0 Å². The molecule has 3 rings (SSSR count). The zero-order valence-corrected chi connectivity index (χ0v) is 17.1. The maximum atomic E-state index is 12.9. The molecule has 2 aromatic heterocycles. The van der Waals surface area contributed by atoms with E-state index in [0.29, 0.717) is 6.54 Å². The van der Waals surface area contributed by atoms with Gasteiger partial charge >= 0.3 is 5.97 Å². The highest BCUT2D eigenvalue weighted by Gasteiger charge is 2.22. The summed E-state index contributed by atoms with van der Waals surface area (Å²) in [6.45, 7) is 2.36. The third kappa shape index (κ3) is 5.20. The Labute approximate surface area is 172 Å². The van der Waals surface area contributed by atoms with E-state index in [2.05, 4.69) is 5.32 Å². The number of esters is 1. The summed E-state index contributed by atoms with van der Waals surface area (Å²) in [6.07, 6.45) is 1.65. The van der Waals surface area contributed by atoms with E-state index in [1.807, 2.05) is 48.7 Å². The fraction of sp³-hybridized carbons (Fsp3) is 0.227. The number of aryl methyl sites for hydroxylation is 1. The highest BCUT2D eigenvalue weighted by molar-refractivity contribution is 7.10. The third-order valence-electron chi connectivity index (χ3n) is 4.49. The fourth-order valence-electron chi connectivity index (χ4n) is 3.04. The molecule has 0 aliphatic heterocycles. The second-order valence-electron chi connectivity index (χ2n) is 6.67. The normalized spacial score (nSPS) is 11.7. The minimum atomic E-state index is -0.556. The number of thiophene rings is 1. The van der Waals surface area contributed by atoms with Gasteiger partial charge in [-0.3, -0.25) is 14.4 Å². The van der Waals surface area contributed by atoms with Crippen LogP contribution in [-0.4, -0.2) is 23.6 Å². The van der Waals surface area contributed by atoms with Gasteiger partial charge in [0.2, 0.25) is 0 Å². The number of aromatic nitrogens is 1. The lowest BCUT2D eigenvalue weighted by Gasteiger charge is -2.17. The lowest BCUT2D eigenvalue weighted by molar-refractivity contribution is -0.141. The smallest absolute Gasteiger partial charge is 0.307 e. The maximum absolute atomic E-state index is 12.9. The Balaban J connectivity index is 1.83. The molecule has 0 radical (unpaired) electrons. The monoisotopic (exact) mass is 410 g/mol. The number of ether oxygens (including phenoxy) is 1. The van der Waals surface area contributed by atoms with Crippen LogP contribution < -0.4 is 10.9 Å². The number of nitrogens with zero attached hydrogens (tertiary/aromatic N) is 1. The van der Waals surface area contributed by atoms with E-state index in [-0.39, 0.29) is 17.5 Å². The van der Waals surface area contributed by atoms with Crippen molar-refractivity contribution in [3.05, 3.63) is 92.0 Å². The number of rotatable bonds is 7. The lowest BCUT2D eigenvalue weighted by atomic mass is 10.1. The first-order valence-electron chi connectivity index (χ1n) is 9.14. The van der Waals surface area contributed by atoms with Crippen LogP contribution in [0.5, 0.6) is 0 Å². The van der Waals surface area contributed by atoms with E-state index in [1.54, 1.807) is 12.3 Å². The molecule has 0 saturated heterocycles. The Morgan fingerprint density at radius 1 is 1.17 bits per heavy atom. The van der Waals surface area contributed by atoms with Crippen molar-refractivity contribution < 1.29 is 14.3 Å². The summed E-state index contributed by atoms with van der Waals surface area (Å²) < 4.78 is 6.24. The van der Waals surface area contributed by atoms with Crippen molar-refractivity contribution in [1.29, 1.82) is 0 Å². The van der Waals surface area contributed by atoms with Crippen molar-refractivity contribution in [2.75, 3.05) is 7.11 Å². The summed E-state index contributed by atoms with van der Waals surface area (Å²) in [5.74, 6) is -0.954. The van der Waals surface area contributed by atoms with Crippen LogP contribution in [0.15, 0.2) is 64.9 Å². The van der Waals surface area contributed by atoms with Gasteiger partial charge in [-0.2, -0.15) is 0 Å². The van der Waals surface area contributed by atoms with Crippen LogP contribution in [0.25, 0.3) is 0 Å². The van der Waals surface area contributed by atoms with E-state index in [1.165, 1.54) is 29.1 Å². The van der Waals surface area contributed by atoms with Crippen molar-refractivity contribution in [2.24, 2.45) is 0 Å². The van der Waals surface area contributed by atoms with E-state index in [9.17, 15) is 14.4 Å². The predicted octanol–water partition coefficient (Wildman–Crippen LogP) is 3.30. The Hall–Kier alpha value is -3.19. The summed E-state index contributed by atoms with van der Waals surface area (Å²) in [4.78, 5) is 38.3. The molecule has 0 bridgehead atoms. The molecule has 0 spiro atoms. The van der Waals surface area contributed by atoms with Gasteiger partial charge in [-0.1, -0.05) is 35.9 Å². The number of pyridine rings is 1. The Morgan fingerprint density at radius 2 is 2.00 bits per heavy atom. The lowest BCUT2D eigenvalue weighted by Crippen LogP contribution is -2.35. The van der Waals surface area contributed by atoms with Crippen molar-refractivity contribution in [2.45, 2.75) is 25.9 Å². The molecule has 0 aliphatic carbocycles. The maximum Gasteiger partial charge on any atom is 0.307 e. The Bertz CT molecular complexity index is 1060. The van der Waals surface area contributed by atoms with Gasteiger partial charge in [-0.25, -0.2) is 0 Å². The van der Waals surface area contributed by atoms with Gasteiger partial charge in [-0.15, -0.1) is 11.3 Å². The molecule has 150 valence electrons. The minimum Gasteiger partial charge on any atom is -0.469 e. The number of hydrogen-bond donors (Lipinski definition) is 1. The number of hydrogen-bond acceptors (Lipinski definition) is 5. The number of benzene rings is 1. The molecule has 1 atom stereocenters. The summed E-state index contributed by atoms with van der Waals surface area (Å²) in [5.41, 5.74) is 1.74. The Morgan fingerprint density at radius 3 is 2.69 bits per heavy atom. The molecule has 2 heterocycles. The van der Waals surface area contributed by atoms with Gasteiger partial charge < -0.3 is 14.6 Å². The van der Waals surface area contributed by atoms with Gasteiger partial charge in [0.05, 0.1) is 26.1 Å². The van der Waals surface area contributed by atoms with Crippen LogP contribution in [0.4, 0.5) is 0 Å². The predicted molar refractivity (Wildman–Crippen MR) is 112 cm³/mol. The van der Waals surface area contributed by atoms with Gasteiger partial charge in [-0.05, 0) is 36.1 Å². The summed E-state index contributed by atoms with van der Waals surface area (Å²) in [5, 5.41) is 4.66. The first kappa shape index (κ1) is 20.5. The van der Waals surface area contributed by atoms with Gasteiger partial charge in [0, 0.05) is 11.1 Å². The topological polar surface area (TPSA) is 77.4 Å². The molecular formula is C22H22N2O4S. The number of amides is 1. The van der Waals surface area contributed by atoms with Crippen LogP contribution >= 0.6 is 11.3 Å².